The van der Waals surface area contributed by atoms with Crippen LogP contribution in [0.5, 0.6) is 5.88 Å². The van der Waals surface area contributed by atoms with Crippen LogP contribution in [0.1, 0.15) is 53.3 Å². The number of benzene rings is 2. The van der Waals surface area contributed by atoms with Crippen molar-refractivity contribution in [3.8, 4) is 5.88 Å². The minimum atomic E-state index is -0.968. The standard InChI is InChI=1S/C32H29F2N5O4/c1-35-21-4-2-20(25(34)15-21)18-43-28-7-5-24(33)30(37-28)38-11-9-32(10-12-38)16-23(32)29-36-26-6-3-19(31(40)41)14-27(26)39(29)17-22-8-13-42-22/h2-7,14-15,22-23H,8-13,16-18H2,(H,40,41)/t22-,23?/m0/s1. The smallest absolute Gasteiger partial charge is 0.335 e. The molecule has 43 heavy (non-hydrogen) atoms. The lowest BCUT2D eigenvalue weighted by atomic mass is 9.90. The quantitative estimate of drug-likeness (QED) is 0.250. The number of piperidine rings is 1. The van der Waals surface area contributed by atoms with Crippen LogP contribution in [0, 0.1) is 23.6 Å². The molecular weight excluding hydrogens is 556 g/mol. The first-order valence-electron chi connectivity index (χ1n) is 14.4. The largest absolute Gasteiger partial charge is 0.478 e. The van der Waals surface area contributed by atoms with Crippen molar-refractivity contribution >= 4 is 28.5 Å². The molecule has 220 valence electrons. The number of nitrogens with zero attached hydrogens (tertiary/aromatic N) is 5. The molecule has 1 N–H and O–H groups in total. The van der Waals surface area contributed by atoms with E-state index in [4.69, 9.17) is 21.0 Å². The number of carbonyl (C=O) groups is 1. The maximum Gasteiger partial charge on any atom is 0.335 e. The topological polar surface area (TPSA) is 94.1 Å². The number of rotatable bonds is 8. The van der Waals surface area contributed by atoms with Crippen LogP contribution in [0.15, 0.2) is 48.5 Å². The maximum atomic E-state index is 14.9. The second-order valence-electron chi connectivity index (χ2n) is 11.6. The van der Waals surface area contributed by atoms with E-state index < -0.39 is 17.6 Å². The number of halogens is 2. The summed E-state index contributed by atoms with van der Waals surface area (Å²) in [6.45, 7) is 9.53. The van der Waals surface area contributed by atoms with Gasteiger partial charge in [0.25, 0.3) is 0 Å². The zero-order valence-electron chi connectivity index (χ0n) is 23.3. The molecule has 1 aliphatic carbocycles. The fraction of sp³-hybridized carbons (Fsp3) is 0.375. The van der Waals surface area contributed by atoms with Gasteiger partial charge < -0.3 is 24.0 Å². The summed E-state index contributed by atoms with van der Waals surface area (Å²) in [5.74, 6) is -0.341. The van der Waals surface area contributed by atoms with Gasteiger partial charge in [-0.3, -0.25) is 0 Å². The van der Waals surface area contributed by atoms with Crippen LogP contribution in [-0.4, -0.2) is 51.4 Å². The zero-order valence-corrected chi connectivity index (χ0v) is 23.3. The number of ether oxygens (including phenoxy) is 2. The van der Waals surface area contributed by atoms with Crippen molar-refractivity contribution < 1.29 is 28.2 Å². The highest BCUT2D eigenvalue weighted by molar-refractivity contribution is 5.92. The van der Waals surface area contributed by atoms with Gasteiger partial charge in [-0.2, -0.15) is 4.98 Å². The van der Waals surface area contributed by atoms with Crippen molar-refractivity contribution in [3.63, 3.8) is 0 Å². The number of carboxylic acid groups (broad SMARTS) is 1. The lowest BCUT2D eigenvalue weighted by Crippen LogP contribution is -2.36. The summed E-state index contributed by atoms with van der Waals surface area (Å²) in [7, 11) is 0. The molecule has 4 heterocycles. The van der Waals surface area contributed by atoms with Gasteiger partial charge in [-0.05, 0) is 61.4 Å². The maximum absolute atomic E-state index is 14.9. The van der Waals surface area contributed by atoms with Gasteiger partial charge in [0.05, 0.1) is 35.8 Å². The lowest BCUT2D eigenvalue weighted by molar-refractivity contribution is -0.0590. The Kier molecular flexibility index (Phi) is 6.73. The van der Waals surface area contributed by atoms with Crippen molar-refractivity contribution in [1.29, 1.82) is 0 Å². The van der Waals surface area contributed by atoms with E-state index in [0.29, 0.717) is 19.6 Å². The number of aromatic nitrogens is 3. The second-order valence-corrected chi connectivity index (χ2v) is 11.6. The summed E-state index contributed by atoms with van der Waals surface area (Å²) >= 11 is 0. The summed E-state index contributed by atoms with van der Waals surface area (Å²) in [4.78, 5) is 26.2. The molecule has 1 unspecified atom stereocenters. The molecule has 2 aromatic carbocycles. The Balaban J connectivity index is 1.06. The highest BCUT2D eigenvalue weighted by Gasteiger charge is 2.57. The zero-order chi connectivity index (χ0) is 29.7. The highest BCUT2D eigenvalue weighted by Crippen LogP contribution is 2.65. The Morgan fingerprint density at radius 2 is 1.93 bits per heavy atom. The number of carboxylic acids is 1. The molecule has 0 bridgehead atoms. The molecule has 0 amide bonds. The van der Waals surface area contributed by atoms with Crippen LogP contribution < -0.4 is 9.64 Å². The number of fused-ring (bicyclic) bond motifs is 1. The van der Waals surface area contributed by atoms with Gasteiger partial charge in [-0.25, -0.2) is 23.4 Å². The number of hydrogen-bond acceptors (Lipinski definition) is 6. The molecule has 2 aliphatic heterocycles. The van der Waals surface area contributed by atoms with Gasteiger partial charge in [-0.1, -0.05) is 12.1 Å². The summed E-state index contributed by atoms with van der Waals surface area (Å²) in [5.41, 5.74) is 2.37. The summed E-state index contributed by atoms with van der Waals surface area (Å²) in [5, 5.41) is 9.55. The Hall–Kier alpha value is -4.56. The van der Waals surface area contributed by atoms with Crippen molar-refractivity contribution in [2.75, 3.05) is 24.6 Å². The van der Waals surface area contributed by atoms with Crippen LogP contribution in [0.3, 0.4) is 0 Å². The average molecular weight is 586 g/mol. The van der Waals surface area contributed by atoms with Crippen LogP contribution >= 0.6 is 0 Å². The van der Waals surface area contributed by atoms with Gasteiger partial charge in [0, 0.05) is 37.2 Å². The van der Waals surface area contributed by atoms with Crippen LogP contribution in [0.4, 0.5) is 20.3 Å². The van der Waals surface area contributed by atoms with Crippen LogP contribution in [0.2, 0.25) is 0 Å². The predicted molar refractivity (Wildman–Crippen MR) is 153 cm³/mol. The van der Waals surface area contributed by atoms with Gasteiger partial charge >= 0.3 is 5.97 Å². The number of aromatic carboxylic acids is 1. The van der Waals surface area contributed by atoms with Gasteiger partial charge in [0.1, 0.15) is 18.2 Å². The molecule has 0 radical (unpaired) electrons. The summed E-state index contributed by atoms with van der Waals surface area (Å²) in [6.07, 6.45) is 3.71. The van der Waals surface area contributed by atoms with Crippen molar-refractivity contribution in [1.82, 2.24) is 14.5 Å². The van der Waals surface area contributed by atoms with Crippen LogP contribution in [0.25, 0.3) is 15.9 Å². The Morgan fingerprint density at radius 3 is 2.63 bits per heavy atom. The Morgan fingerprint density at radius 1 is 1.12 bits per heavy atom. The third kappa shape index (κ3) is 5.06. The first-order chi connectivity index (χ1) is 20.8. The molecular formula is C32H29F2N5O4. The number of hydrogen-bond donors (Lipinski definition) is 1. The molecule has 4 aromatic rings. The van der Waals surface area contributed by atoms with Crippen LogP contribution in [-0.2, 0) is 17.9 Å². The molecule has 3 aliphatic rings. The average Bonchev–Trinajstić information content (AvgIpc) is 3.55. The normalized spacial score (nSPS) is 20.5. The van der Waals surface area contributed by atoms with Gasteiger partial charge in [0.15, 0.2) is 17.3 Å². The van der Waals surface area contributed by atoms with E-state index in [1.54, 1.807) is 18.2 Å². The minimum Gasteiger partial charge on any atom is -0.478 e. The number of imidazole rings is 1. The van der Waals surface area contributed by atoms with Crippen molar-refractivity contribution in [3.05, 3.63) is 88.5 Å². The molecule has 2 saturated heterocycles. The van der Waals surface area contributed by atoms with Gasteiger partial charge in [0.2, 0.25) is 5.88 Å². The second kappa shape index (κ2) is 10.6. The lowest BCUT2D eigenvalue weighted by Gasteiger charge is -2.34. The molecule has 1 saturated carbocycles. The molecule has 3 fully saturated rings. The third-order valence-corrected chi connectivity index (χ3v) is 9.11. The SMILES string of the molecule is [C-]#[N+]c1ccc(COc2ccc(F)c(N3CCC4(CC3)CC4c3nc4ccc(C(=O)O)cc4n3C[C@@H]3CCO3)n2)c(F)c1. The monoisotopic (exact) mass is 585 g/mol. The summed E-state index contributed by atoms with van der Waals surface area (Å²) in [6, 6.07) is 12.0. The van der Waals surface area contributed by atoms with E-state index >= 15 is 0 Å². The molecule has 11 heteroatoms. The Bertz CT molecular complexity index is 1770. The van der Waals surface area contributed by atoms with E-state index in [1.165, 1.54) is 24.3 Å². The molecule has 7 rings (SSSR count). The minimum absolute atomic E-state index is 0.0470. The summed E-state index contributed by atoms with van der Waals surface area (Å²) < 4.78 is 42.8. The molecule has 9 nitrogen and oxygen atoms in total. The molecule has 2 aromatic heterocycles. The predicted octanol–water partition coefficient (Wildman–Crippen LogP) is 6.10. The first-order valence-corrected chi connectivity index (χ1v) is 14.4. The van der Waals surface area contributed by atoms with Crippen molar-refractivity contribution in [2.24, 2.45) is 5.41 Å². The molecule has 1 spiro atoms. The fourth-order valence-corrected chi connectivity index (χ4v) is 6.38. The van der Waals surface area contributed by atoms with E-state index in [2.05, 4.69) is 14.4 Å². The van der Waals surface area contributed by atoms with E-state index in [0.717, 1.165) is 55.2 Å². The van der Waals surface area contributed by atoms with E-state index in [1.807, 2.05) is 4.90 Å². The van der Waals surface area contributed by atoms with Crippen molar-refractivity contribution in [2.45, 2.75) is 50.9 Å². The fourth-order valence-electron chi connectivity index (χ4n) is 6.38. The Labute approximate surface area is 246 Å². The number of anilines is 1. The third-order valence-electron chi connectivity index (χ3n) is 9.11. The van der Waals surface area contributed by atoms with Gasteiger partial charge in [-0.15, -0.1) is 0 Å². The highest BCUT2D eigenvalue weighted by atomic mass is 19.1. The van der Waals surface area contributed by atoms with E-state index in [-0.39, 0.29) is 52.6 Å². The first kappa shape index (κ1) is 27.3. The van der Waals surface area contributed by atoms with E-state index in [9.17, 15) is 18.7 Å². The molecule has 2 atom stereocenters. The number of pyridine rings is 1.